The molecule has 2 aromatic carbocycles. The molecule has 0 saturated heterocycles. The average molecular weight is 376 g/mol. The van der Waals surface area contributed by atoms with E-state index in [1.807, 2.05) is 30.3 Å². The van der Waals surface area contributed by atoms with E-state index in [1.165, 1.54) is 6.08 Å². The second kappa shape index (κ2) is 10.4. The Hall–Kier alpha value is -3.78. The van der Waals surface area contributed by atoms with Gasteiger partial charge in [0.05, 0.1) is 13.5 Å². The highest BCUT2D eigenvalue weighted by Crippen LogP contribution is 2.31. The van der Waals surface area contributed by atoms with Crippen molar-refractivity contribution in [3.05, 3.63) is 73.3 Å². The van der Waals surface area contributed by atoms with E-state index in [-0.39, 0.29) is 19.0 Å². The van der Waals surface area contributed by atoms with Gasteiger partial charge in [0.15, 0.2) is 5.78 Å². The Morgan fingerprint density at radius 3 is 2.46 bits per heavy atom. The number of methoxy groups -OCH3 is 1. The van der Waals surface area contributed by atoms with Gasteiger partial charge < -0.3 is 14.2 Å². The quantitative estimate of drug-likeness (QED) is 0.302. The molecular weight excluding hydrogens is 356 g/mol. The van der Waals surface area contributed by atoms with Crippen LogP contribution in [0.25, 0.3) is 11.1 Å². The van der Waals surface area contributed by atoms with Gasteiger partial charge in [-0.05, 0) is 42.0 Å². The number of esters is 1. The van der Waals surface area contributed by atoms with Crippen molar-refractivity contribution in [3.8, 4) is 34.5 Å². The Kier molecular flexibility index (Phi) is 7.62. The number of hydrogen-bond acceptors (Lipinski definition) is 5. The first kappa shape index (κ1) is 20.5. The zero-order valence-electron chi connectivity index (χ0n) is 15.6. The molecule has 142 valence electrons. The minimum atomic E-state index is -0.543. The molecule has 0 aromatic heterocycles. The molecule has 0 unspecified atom stereocenters. The van der Waals surface area contributed by atoms with Crippen LogP contribution in [0.1, 0.15) is 12.0 Å². The number of ketones is 1. The summed E-state index contributed by atoms with van der Waals surface area (Å²) in [5.74, 6) is 6.33. The van der Waals surface area contributed by atoms with Crippen LogP contribution in [0.2, 0.25) is 0 Å². The lowest BCUT2D eigenvalue weighted by atomic mass is 10.0. The van der Waals surface area contributed by atoms with E-state index in [0.717, 1.165) is 22.8 Å². The van der Waals surface area contributed by atoms with Gasteiger partial charge in [-0.3, -0.25) is 4.79 Å². The molecule has 2 rings (SSSR count). The van der Waals surface area contributed by atoms with Crippen molar-refractivity contribution in [2.45, 2.75) is 6.42 Å². The highest BCUT2D eigenvalue weighted by Gasteiger charge is 2.07. The molecule has 0 fully saturated rings. The lowest BCUT2D eigenvalue weighted by Gasteiger charge is -2.11. The Balaban J connectivity index is 2.11. The van der Waals surface area contributed by atoms with Crippen molar-refractivity contribution in [2.24, 2.45) is 0 Å². The number of rotatable bonds is 8. The third kappa shape index (κ3) is 5.89. The molecule has 5 heteroatoms. The second-order valence-electron chi connectivity index (χ2n) is 5.52. The number of hydrogen-bond donors (Lipinski definition) is 0. The van der Waals surface area contributed by atoms with E-state index in [1.54, 1.807) is 19.2 Å². The summed E-state index contributed by atoms with van der Waals surface area (Å²) in [5, 5.41) is 0. The van der Waals surface area contributed by atoms with E-state index in [2.05, 4.69) is 25.0 Å². The molecule has 2 aromatic rings. The van der Waals surface area contributed by atoms with Crippen molar-refractivity contribution < 1.29 is 23.8 Å². The summed E-state index contributed by atoms with van der Waals surface area (Å²) in [6.45, 7) is 6.55. The maximum atomic E-state index is 11.2. The highest BCUT2D eigenvalue weighted by atomic mass is 16.7. The molecule has 28 heavy (non-hydrogen) atoms. The molecule has 0 heterocycles. The van der Waals surface area contributed by atoms with Crippen molar-refractivity contribution in [3.63, 3.8) is 0 Å². The van der Waals surface area contributed by atoms with E-state index >= 15 is 0 Å². The Morgan fingerprint density at radius 1 is 1.07 bits per heavy atom. The molecule has 0 saturated carbocycles. The molecule has 5 nitrogen and oxygen atoms in total. The first-order valence-corrected chi connectivity index (χ1v) is 8.42. The summed E-state index contributed by atoms with van der Waals surface area (Å²) in [4.78, 5) is 22.2. The van der Waals surface area contributed by atoms with Gasteiger partial charge in [0.25, 0.3) is 0 Å². The van der Waals surface area contributed by atoms with Crippen LogP contribution < -0.4 is 9.47 Å². The summed E-state index contributed by atoms with van der Waals surface area (Å²) in [6.07, 6.45) is 2.47. The van der Waals surface area contributed by atoms with Crippen LogP contribution >= 0.6 is 0 Å². The second-order valence-corrected chi connectivity index (χ2v) is 5.52. The fourth-order valence-electron chi connectivity index (χ4n) is 2.26. The molecule has 0 aliphatic heterocycles. The van der Waals surface area contributed by atoms with Crippen LogP contribution in [-0.4, -0.2) is 25.7 Å². The van der Waals surface area contributed by atoms with Crippen molar-refractivity contribution in [1.29, 1.82) is 0 Å². The van der Waals surface area contributed by atoms with Crippen LogP contribution in [0, 0.1) is 11.8 Å². The number of allylic oxidation sites excluding steroid dienone is 1. The Labute approximate surface area is 164 Å². The van der Waals surface area contributed by atoms with E-state index in [4.69, 9.17) is 14.2 Å². The van der Waals surface area contributed by atoms with Crippen LogP contribution in [0.4, 0.5) is 0 Å². The predicted octanol–water partition coefficient (Wildman–Crippen LogP) is 3.92. The normalized spacial score (nSPS) is 9.46. The maximum Gasteiger partial charge on any atom is 0.333 e. The summed E-state index contributed by atoms with van der Waals surface area (Å²) in [7, 11) is 1.59. The van der Waals surface area contributed by atoms with Crippen molar-refractivity contribution in [1.82, 2.24) is 0 Å². The molecule has 0 atom stereocenters. The minimum Gasteiger partial charge on any atom is -0.496 e. The molecule has 0 amide bonds. The summed E-state index contributed by atoms with van der Waals surface area (Å²) >= 11 is 0. The fourth-order valence-corrected chi connectivity index (χ4v) is 2.26. The number of carbonyl (C=O) groups excluding carboxylic acids is 2. The van der Waals surface area contributed by atoms with Crippen LogP contribution in [0.5, 0.6) is 11.5 Å². The summed E-state index contributed by atoms with van der Waals surface area (Å²) < 4.78 is 15.6. The third-order valence-electron chi connectivity index (χ3n) is 3.68. The molecule has 0 aliphatic carbocycles. The zero-order chi connectivity index (χ0) is 20.4. The largest absolute Gasteiger partial charge is 0.496 e. The number of benzene rings is 2. The number of ether oxygens (including phenoxy) is 3. The number of carbonyl (C=O) groups is 2. The standard InChI is InChI=1S/C23H20O5/c1-4-19(24)8-6-7-17-9-14-21(22(15-17)26-3)18-10-12-20(13-11-18)27-16-28-23(25)5-2/h4-5,9-15H,1-2,8,16H2,3H3. The maximum absolute atomic E-state index is 11.2. The predicted molar refractivity (Wildman–Crippen MR) is 107 cm³/mol. The monoisotopic (exact) mass is 376 g/mol. The minimum absolute atomic E-state index is 0.113. The van der Waals surface area contributed by atoms with Crippen molar-refractivity contribution in [2.75, 3.05) is 13.9 Å². The molecule has 0 N–H and O–H groups in total. The fraction of sp³-hybridized carbons (Fsp3) is 0.130. The van der Waals surface area contributed by atoms with Gasteiger partial charge in [0.1, 0.15) is 11.5 Å². The molecular formula is C23H20O5. The van der Waals surface area contributed by atoms with E-state index in [9.17, 15) is 9.59 Å². The van der Waals surface area contributed by atoms with Gasteiger partial charge in [-0.25, -0.2) is 4.79 Å². The molecule has 0 bridgehead atoms. The molecule has 0 radical (unpaired) electrons. The lowest BCUT2D eigenvalue weighted by Crippen LogP contribution is -2.07. The Bertz CT molecular complexity index is 930. The van der Waals surface area contributed by atoms with Gasteiger partial charge in [-0.15, -0.1) is 0 Å². The molecule has 0 aliphatic rings. The highest BCUT2D eigenvalue weighted by molar-refractivity contribution is 5.91. The van der Waals surface area contributed by atoms with Crippen LogP contribution in [0.15, 0.2) is 67.8 Å². The Morgan fingerprint density at radius 2 is 1.82 bits per heavy atom. The van der Waals surface area contributed by atoms with Gasteiger partial charge in [0.2, 0.25) is 6.79 Å². The first-order chi connectivity index (χ1) is 13.6. The van der Waals surface area contributed by atoms with Gasteiger partial charge >= 0.3 is 5.97 Å². The average Bonchev–Trinajstić information content (AvgIpc) is 2.73. The van der Waals surface area contributed by atoms with Gasteiger partial charge in [0, 0.05) is 17.2 Å². The third-order valence-corrected chi connectivity index (χ3v) is 3.68. The van der Waals surface area contributed by atoms with Gasteiger partial charge in [-0.1, -0.05) is 37.1 Å². The smallest absolute Gasteiger partial charge is 0.333 e. The summed E-state index contributed by atoms with van der Waals surface area (Å²) in [6, 6.07) is 12.9. The van der Waals surface area contributed by atoms with E-state index < -0.39 is 5.97 Å². The topological polar surface area (TPSA) is 61.8 Å². The first-order valence-electron chi connectivity index (χ1n) is 8.42. The van der Waals surface area contributed by atoms with Gasteiger partial charge in [-0.2, -0.15) is 0 Å². The van der Waals surface area contributed by atoms with Crippen LogP contribution in [-0.2, 0) is 14.3 Å². The van der Waals surface area contributed by atoms with Crippen LogP contribution in [0.3, 0.4) is 0 Å². The zero-order valence-corrected chi connectivity index (χ0v) is 15.6. The van der Waals surface area contributed by atoms with E-state index in [0.29, 0.717) is 11.5 Å². The SMILES string of the molecule is C=CC(=O)CC#Cc1ccc(-c2ccc(OCOC(=O)C=C)cc2)c(OC)c1. The molecule has 0 spiro atoms. The van der Waals surface area contributed by atoms with Crippen molar-refractivity contribution >= 4 is 11.8 Å². The summed E-state index contributed by atoms with van der Waals surface area (Å²) in [5.41, 5.74) is 2.56. The lowest BCUT2D eigenvalue weighted by molar-refractivity contribution is -0.144.